The summed E-state index contributed by atoms with van der Waals surface area (Å²) in [6.07, 6.45) is 9.95. The monoisotopic (exact) mass is 420 g/mol. The lowest BCUT2D eigenvalue weighted by molar-refractivity contribution is 0.0655. The second-order valence-electron chi connectivity index (χ2n) is 9.20. The Bertz CT molecular complexity index is 1070. The van der Waals surface area contributed by atoms with E-state index in [4.69, 9.17) is 0 Å². The van der Waals surface area contributed by atoms with Crippen molar-refractivity contribution >= 4 is 11.0 Å². The van der Waals surface area contributed by atoms with Gasteiger partial charge in [0.2, 0.25) is 0 Å². The van der Waals surface area contributed by atoms with Crippen molar-refractivity contribution in [2.75, 3.05) is 26.2 Å². The van der Waals surface area contributed by atoms with Crippen LogP contribution >= 0.6 is 0 Å². The van der Waals surface area contributed by atoms with E-state index in [1.165, 1.54) is 24.0 Å². The molecule has 7 nitrogen and oxygen atoms in total. The van der Waals surface area contributed by atoms with Crippen molar-refractivity contribution in [3.05, 3.63) is 58.5 Å². The first-order chi connectivity index (χ1) is 15.1. The van der Waals surface area contributed by atoms with Gasteiger partial charge in [-0.1, -0.05) is 6.07 Å². The number of aromatic nitrogens is 4. The highest BCUT2D eigenvalue weighted by atomic mass is 16.1. The van der Waals surface area contributed by atoms with E-state index >= 15 is 0 Å². The first-order valence-electron chi connectivity index (χ1n) is 11.5. The van der Waals surface area contributed by atoms with E-state index in [9.17, 15) is 4.79 Å². The molecule has 4 heterocycles. The highest BCUT2D eigenvalue weighted by Gasteiger charge is 2.31. The molecule has 1 atom stereocenters. The smallest absolute Gasteiger partial charge is 0.306 e. The largest absolute Gasteiger partial charge is 0.326 e. The lowest BCUT2D eigenvalue weighted by Gasteiger charge is -2.43. The van der Waals surface area contributed by atoms with Crippen LogP contribution in [-0.4, -0.2) is 61.5 Å². The molecule has 0 radical (unpaired) electrons. The summed E-state index contributed by atoms with van der Waals surface area (Å²) in [6.45, 7) is 8.69. The normalized spacial score (nSPS) is 21.0. The van der Waals surface area contributed by atoms with Gasteiger partial charge in [0, 0.05) is 62.3 Å². The SMILES string of the molecule is Cc1ccc2c(c1)[nH]c(=O)n2C1CCN(C2CCN(C(C)c3cncnc3)CC2)CC1. The Morgan fingerprint density at radius 2 is 1.68 bits per heavy atom. The molecule has 2 aromatic heterocycles. The van der Waals surface area contributed by atoms with Crippen LogP contribution in [0.5, 0.6) is 0 Å². The molecule has 2 fully saturated rings. The van der Waals surface area contributed by atoms with Gasteiger partial charge in [-0.05, 0) is 57.2 Å². The Morgan fingerprint density at radius 3 is 2.39 bits per heavy atom. The fourth-order valence-corrected chi connectivity index (χ4v) is 5.49. The molecule has 1 aromatic carbocycles. The number of aryl methyl sites for hydroxylation is 1. The number of H-pyrrole nitrogens is 1. The molecule has 0 spiro atoms. The van der Waals surface area contributed by atoms with Gasteiger partial charge in [-0.25, -0.2) is 14.8 Å². The third kappa shape index (κ3) is 4.04. The number of nitrogens with one attached hydrogen (secondary N) is 1. The Hall–Kier alpha value is -2.51. The molecular weight excluding hydrogens is 388 g/mol. The summed E-state index contributed by atoms with van der Waals surface area (Å²) in [6, 6.07) is 7.56. The molecule has 0 amide bonds. The molecule has 31 heavy (non-hydrogen) atoms. The van der Waals surface area contributed by atoms with E-state index in [2.05, 4.69) is 56.8 Å². The second-order valence-corrected chi connectivity index (χ2v) is 9.20. The molecular formula is C24H32N6O. The number of imidazole rings is 1. The Labute approximate surface area is 183 Å². The quantitative estimate of drug-likeness (QED) is 0.701. The molecule has 1 N–H and O–H groups in total. The number of benzene rings is 1. The number of nitrogens with zero attached hydrogens (tertiary/aromatic N) is 5. The number of piperidine rings is 2. The molecule has 2 aliphatic rings. The zero-order chi connectivity index (χ0) is 21.4. The minimum absolute atomic E-state index is 0.0336. The molecule has 3 aromatic rings. The van der Waals surface area contributed by atoms with E-state index in [1.807, 2.05) is 17.0 Å². The average Bonchev–Trinajstić information content (AvgIpc) is 3.14. The van der Waals surface area contributed by atoms with Gasteiger partial charge in [-0.15, -0.1) is 0 Å². The van der Waals surface area contributed by atoms with Crippen LogP contribution in [0.3, 0.4) is 0 Å². The van der Waals surface area contributed by atoms with E-state index in [0.717, 1.165) is 50.1 Å². The van der Waals surface area contributed by atoms with Crippen molar-refractivity contribution in [3.63, 3.8) is 0 Å². The molecule has 1 unspecified atom stereocenters. The molecule has 5 rings (SSSR count). The predicted octanol–water partition coefficient (Wildman–Crippen LogP) is 3.29. The summed E-state index contributed by atoms with van der Waals surface area (Å²) >= 11 is 0. The van der Waals surface area contributed by atoms with E-state index in [0.29, 0.717) is 18.1 Å². The fourth-order valence-electron chi connectivity index (χ4n) is 5.49. The summed E-state index contributed by atoms with van der Waals surface area (Å²) in [5, 5.41) is 0. The van der Waals surface area contributed by atoms with Gasteiger partial charge in [0.15, 0.2) is 0 Å². The van der Waals surface area contributed by atoms with Crippen molar-refractivity contribution in [3.8, 4) is 0 Å². The van der Waals surface area contributed by atoms with Crippen molar-refractivity contribution < 1.29 is 0 Å². The average molecular weight is 421 g/mol. The maximum atomic E-state index is 12.6. The van der Waals surface area contributed by atoms with Gasteiger partial charge in [-0.3, -0.25) is 9.47 Å². The third-order valence-electron chi connectivity index (χ3n) is 7.36. The Morgan fingerprint density at radius 1 is 1.00 bits per heavy atom. The van der Waals surface area contributed by atoms with E-state index < -0.39 is 0 Å². The van der Waals surface area contributed by atoms with Crippen LogP contribution in [0, 0.1) is 6.92 Å². The van der Waals surface area contributed by atoms with Crippen LogP contribution in [-0.2, 0) is 0 Å². The van der Waals surface area contributed by atoms with E-state index in [-0.39, 0.29) is 5.69 Å². The maximum absolute atomic E-state index is 12.6. The van der Waals surface area contributed by atoms with Gasteiger partial charge >= 0.3 is 5.69 Å². The molecule has 0 saturated carbocycles. The molecule has 2 saturated heterocycles. The van der Waals surface area contributed by atoms with Gasteiger partial charge in [0.1, 0.15) is 6.33 Å². The van der Waals surface area contributed by atoms with Crippen LogP contribution in [0.4, 0.5) is 0 Å². The number of hydrogen-bond acceptors (Lipinski definition) is 5. The first-order valence-corrected chi connectivity index (χ1v) is 11.5. The highest BCUT2D eigenvalue weighted by molar-refractivity contribution is 5.76. The highest BCUT2D eigenvalue weighted by Crippen LogP contribution is 2.30. The summed E-state index contributed by atoms with van der Waals surface area (Å²) in [5.41, 5.74) is 4.41. The van der Waals surface area contributed by atoms with Gasteiger partial charge in [-0.2, -0.15) is 0 Å². The summed E-state index contributed by atoms with van der Waals surface area (Å²) in [4.78, 5) is 29.2. The second kappa shape index (κ2) is 8.55. The van der Waals surface area contributed by atoms with Gasteiger partial charge in [0.25, 0.3) is 0 Å². The minimum atomic E-state index is 0.0336. The van der Waals surface area contributed by atoms with Crippen molar-refractivity contribution in [2.45, 2.75) is 57.7 Å². The van der Waals surface area contributed by atoms with Crippen LogP contribution in [0.1, 0.15) is 55.8 Å². The lowest BCUT2D eigenvalue weighted by Crippen LogP contribution is -2.48. The number of rotatable bonds is 4. The molecule has 164 valence electrons. The van der Waals surface area contributed by atoms with Crippen molar-refractivity contribution in [2.24, 2.45) is 0 Å². The fraction of sp³-hybridized carbons (Fsp3) is 0.542. The first kappa shape index (κ1) is 20.4. The number of hydrogen-bond donors (Lipinski definition) is 1. The Kier molecular flexibility index (Phi) is 5.63. The standard InChI is InChI=1S/C24H32N6O/c1-17-3-4-23-22(13-17)27-24(31)30(23)21-7-11-29(12-8-21)20-5-9-28(10-6-20)18(2)19-14-25-16-26-15-19/h3-4,13-16,18,20-21H,5-12H2,1-2H3,(H,27,31). The predicted molar refractivity (Wildman–Crippen MR) is 122 cm³/mol. The number of likely N-dealkylation sites (tertiary alicyclic amines) is 2. The molecule has 2 aliphatic heterocycles. The van der Waals surface area contributed by atoms with Gasteiger partial charge in [0.05, 0.1) is 11.0 Å². The third-order valence-corrected chi connectivity index (χ3v) is 7.36. The minimum Gasteiger partial charge on any atom is -0.306 e. The Balaban J connectivity index is 1.19. The van der Waals surface area contributed by atoms with Crippen LogP contribution < -0.4 is 5.69 Å². The van der Waals surface area contributed by atoms with Crippen molar-refractivity contribution in [1.82, 2.24) is 29.3 Å². The molecule has 7 heteroatoms. The molecule has 0 bridgehead atoms. The summed E-state index contributed by atoms with van der Waals surface area (Å²) < 4.78 is 2.00. The zero-order valence-corrected chi connectivity index (χ0v) is 18.5. The van der Waals surface area contributed by atoms with Crippen LogP contribution in [0.15, 0.2) is 41.7 Å². The topological polar surface area (TPSA) is 70.1 Å². The number of aromatic amines is 1. The van der Waals surface area contributed by atoms with E-state index in [1.54, 1.807) is 6.33 Å². The van der Waals surface area contributed by atoms with Crippen LogP contribution in [0.2, 0.25) is 0 Å². The van der Waals surface area contributed by atoms with Gasteiger partial charge < -0.3 is 9.88 Å². The summed E-state index contributed by atoms with van der Waals surface area (Å²) in [7, 11) is 0. The zero-order valence-electron chi connectivity index (χ0n) is 18.5. The molecule has 0 aliphatic carbocycles. The van der Waals surface area contributed by atoms with Crippen molar-refractivity contribution in [1.29, 1.82) is 0 Å². The lowest BCUT2D eigenvalue weighted by atomic mass is 9.96. The maximum Gasteiger partial charge on any atom is 0.326 e. The number of fused-ring (bicyclic) bond motifs is 1. The summed E-state index contributed by atoms with van der Waals surface area (Å²) in [5.74, 6) is 0. The van der Waals surface area contributed by atoms with Crippen LogP contribution in [0.25, 0.3) is 11.0 Å².